The van der Waals surface area contributed by atoms with Gasteiger partial charge in [-0.15, -0.1) is 0 Å². The number of aryl methyl sites for hydroxylation is 1. The molecule has 1 saturated carbocycles. The number of nitrogens with one attached hydrogen (secondary N) is 2. The van der Waals surface area contributed by atoms with Crippen LogP contribution in [-0.4, -0.2) is 24.1 Å². The molecule has 0 aromatic carbocycles. The van der Waals surface area contributed by atoms with Gasteiger partial charge in [0.25, 0.3) is 0 Å². The smallest absolute Gasteiger partial charge is 0.0527 e. The van der Waals surface area contributed by atoms with Crippen LogP contribution in [0.1, 0.15) is 18.5 Å². The van der Waals surface area contributed by atoms with Crippen LogP contribution >= 0.6 is 0 Å². The maximum Gasteiger partial charge on any atom is 0.0527 e. The normalized spacial score (nSPS) is 17.9. The highest BCUT2D eigenvalue weighted by Crippen LogP contribution is 2.34. The van der Waals surface area contributed by atoms with E-state index in [9.17, 15) is 0 Å². The first-order valence-electron chi connectivity index (χ1n) is 5.10. The van der Waals surface area contributed by atoms with E-state index in [0.29, 0.717) is 5.54 Å². The zero-order chi connectivity index (χ0) is 10.0. The molecule has 2 rings (SSSR count). The summed E-state index contributed by atoms with van der Waals surface area (Å²) < 4.78 is 0. The quantitative estimate of drug-likeness (QED) is 0.758. The van der Waals surface area contributed by atoms with E-state index in [0.717, 1.165) is 17.9 Å². The third kappa shape index (κ3) is 2.04. The second-order valence-corrected chi connectivity index (χ2v) is 4.07. The highest BCUT2D eigenvalue weighted by atomic mass is 15.1. The highest BCUT2D eigenvalue weighted by Gasteiger charge is 2.40. The Morgan fingerprint density at radius 2 is 2.21 bits per heavy atom. The number of pyridine rings is 1. The van der Waals surface area contributed by atoms with Crippen LogP contribution in [0, 0.1) is 6.92 Å². The van der Waals surface area contributed by atoms with E-state index in [-0.39, 0.29) is 0 Å². The van der Waals surface area contributed by atoms with Crippen LogP contribution in [0.2, 0.25) is 0 Å². The molecule has 1 aromatic rings. The van der Waals surface area contributed by atoms with Crippen molar-refractivity contribution < 1.29 is 0 Å². The van der Waals surface area contributed by atoms with Gasteiger partial charge < -0.3 is 10.6 Å². The first-order chi connectivity index (χ1) is 6.74. The number of hydrogen-bond donors (Lipinski definition) is 2. The van der Waals surface area contributed by atoms with Gasteiger partial charge in [-0.25, -0.2) is 0 Å². The zero-order valence-electron chi connectivity index (χ0n) is 8.80. The van der Waals surface area contributed by atoms with Crippen molar-refractivity contribution in [1.82, 2.24) is 10.3 Å². The van der Waals surface area contributed by atoms with Gasteiger partial charge in [0.2, 0.25) is 0 Å². The van der Waals surface area contributed by atoms with Crippen molar-refractivity contribution in [2.75, 3.05) is 18.9 Å². The summed E-state index contributed by atoms with van der Waals surface area (Å²) >= 11 is 0. The fourth-order valence-corrected chi connectivity index (χ4v) is 1.51. The fraction of sp³-hybridized carbons (Fsp3) is 0.545. The SMILES string of the molecule is CNC1(CNc2ccc(C)nc2)CC1. The number of rotatable bonds is 4. The van der Waals surface area contributed by atoms with Crippen molar-refractivity contribution in [1.29, 1.82) is 0 Å². The summed E-state index contributed by atoms with van der Waals surface area (Å²) in [6.07, 6.45) is 4.44. The van der Waals surface area contributed by atoms with E-state index in [1.54, 1.807) is 0 Å². The summed E-state index contributed by atoms with van der Waals surface area (Å²) in [5, 5.41) is 6.75. The van der Waals surface area contributed by atoms with Gasteiger partial charge in [0.05, 0.1) is 11.9 Å². The molecular weight excluding hydrogens is 174 g/mol. The monoisotopic (exact) mass is 191 g/mol. The molecule has 3 heteroatoms. The van der Waals surface area contributed by atoms with E-state index in [1.807, 2.05) is 26.2 Å². The summed E-state index contributed by atoms with van der Waals surface area (Å²) in [5.74, 6) is 0. The van der Waals surface area contributed by atoms with Crippen LogP contribution in [0.4, 0.5) is 5.69 Å². The maximum absolute atomic E-state index is 4.24. The number of hydrogen-bond acceptors (Lipinski definition) is 3. The molecular formula is C11H17N3. The lowest BCUT2D eigenvalue weighted by atomic mass is 10.2. The van der Waals surface area contributed by atoms with Gasteiger partial charge in [-0.3, -0.25) is 4.98 Å². The second-order valence-electron chi connectivity index (χ2n) is 4.07. The molecule has 0 amide bonds. The molecule has 2 N–H and O–H groups in total. The van der Waals surface area contributed by atoms with Crippen molar-refractivity contribution in [2.24, 2.45) is 0 Å². The molecule has 0 spiro atoms. The van der Waals surface area contributed by atoms with Crippen molar-refractivity contribution in [3.05, 3.63) is 24.0 Å². The average molecular weight is 191 g/mol. The minimum absolute atomic E-state index is 0.352. The van der Waals surface area contributed by atoms with Gasteiger partial charge in [0.15, 0.2) is 0 Å². The maximum atomic E-state index is 4.24. The Hall–Kier alpha value is -1.09. The lowest BCUT2D eigenvalue weighted by molar-refractivity contribution is 0.578. The van der Waals surface area contributed by atoms with E-state index >= 15 is 0 Å². The Kier molecular flexibility index (Phi) is 2.42. The summed E-state index contributed by atoms with van der Waals surface area (Å²) in [5.41, 5.74) is 2.52. The minimum atomic E-state index is 0.352. The van der Waals surface area contributed by atoms with Crippen LogP contribution in [-0.2, 0) is 0 Å². The Morgan fingerprint density at radius 3 is 2.71 bits per heavy atom. The first kappa shape index (κ1) is 9.46. The molecule has 1 aromatic heterocycles. The molecule has 1 aliphatic rings. The first-order valence-corrected chi connectivity index (χ1v) is 5.10. The number of aromatic nitrogens is 1. The van der Waals surface area contributed by atoms with Crippen molar-refractivity contribution >= 4 is 5.69 Å². The van der Waals surface area contributed by atoms with Gasteiger partial charge in [-0.2, -0.15) is 0 Å². The average Bonchev–Trinajstić information content (AvgIpc) is 2.98. The lowest BCUT2D eigenvalue weighted by Crippen LogP contribution is -2.34. The number of anilines is 1. The van der Waals surface area contributed by atoms with Gasteiger partial charge in [-0.1, -0.05) is 0 Å². The molecule has 76 valence electrons. The molecule has 0 atom stereocenters. The van der Waals surface area contributed by atoms with Gasteiger partial charge in [0.1, 0.15) is 0 Å². The summed E-state index contributed by atoms with van der Waals surface area (Å²) in [6.45, 7) is 2.99. The minimum Gasteiger partial charge on any atom is -0.382 e. The summed E-state index contributed by atoms with van der Waals surface area (Å²) in [4.78, 5) is 4.24. The molecule has 0 saturated heterocycles. The Labute approximate surface area is 84.9 Å². The Balaban J connectivity index is 1.89. The van der Waals surface area contributed by atoms with Crippen molar-refractivity contribution in [2.45, 2.75) is 25.3 Å². The third-order valence-electron chi connectivity index (χ3n) is 2.93. The largest absolute Gasteiger partial charge is 0.382 e. The molecule has 0 unspecified atom stereocenters. The highest BCUT2D eigenvalue weighted by molar-refractivity contribution is 5.41. The van der Waals surface area contributed by atoms with E-state index < -0.39 is 0 Å². The van der Waals surface area contributed by atoms with Gasteiger partial charge in [-0.05, 0) is 38.9 Å². The van der Waals surface area contributed by atoms with E-state index in [1.165, 1.54) is 12.8 Å². The van der Waals surface area contributed by atoms with Crippen molar-refractivity contribution in [3.63, 3.8) is 0 Å². The van der Waals surface area contributed by atoms with Gasteiger partial charge >= 0.3 is 0 Å². The molecule has 1 heterocycles. The predicted molar refractivity (Wildman–Crippen MR) is 58.5 cm³/mol. The molecule has 1 aliphatic carbocycles. The van der Waals surface area contributed by atoms with Crippen LogP contribution < -0.4 is 10.6 Å². The van der Waals surface area contributed by atoms with Gasteiger partial charge in [0, 0.05) is 17.8 Å². The molecule has 3 nitrogen and oxygen atoms in total. The van der Waals surface area contributed by atoms with Crippen molar-refractivity contribution in [3.8, 4) is 0 Å². The zero-order valence-corrected chi connectivity index (χ0v) is 8.80. The molecule has 14 heavy (non-hydrogen) atoms. The predicted octanol–water partition coefficient (Wildman–Crippen LogP) is 1.55. The van der Waals surface area contributed by atoms with Crippen LogP contribution in [0.3, 0.4) is 0 Å². The molecule has 1 fully saturated rings. The standard InChI is InChI=1S/C11H17N3/c1-9-3-4-10(7-13-9)14-8-11(12-2)5-6-11/h3-4,7,12,14H,5-6,8H2,1-2H3. The molecule has 0 aliphatic heterocycles. The third-order valence-corrected chi connectivity index (χ3v) is 2.93. The topological polar surface area (TPSA) is 37.0 Å². The fourth-order valence-electron chi connectivity index (χ4n) is 1.51. The lowest BCUT2D eigenvalue weighted by Gasteiger charge is -2.15. The molecule has 0 bridgehead atoms. The number of likely N-dealkylation sites (N-methyl/N-ethyl adjacent to an activating group) is 1. The molecule has 0 radical (unpaired) electrons. The van der Waals surface area contributed by atoms with Crippen LogP contribution in [0.5, 0.6) is 0 Å². The summed E-state index contributed by atoms with van der Waals surface area (Å²) in [6, 6.07) is 4.11. The van der Waals surface area contributed by atoms with E-state index in [4.69, 9.17) is 0 Å². The second kappa shape index (κ2) is 3.58. The van der Waals surface area contributed by atoms with Crippen LogP contribution in [0.25, 0.3) is 0 Å². The van der Waals surface area contributed by atoms with E-state index in [2.05, 4.69) is 21.7 Å². The Morgan fingerprint density at radius 1 is 1.43 bits per heavy atom. The van der Waals surface area contributed by atoms with Crippen LogP contribution in [0.15, 0.2) is 18.3 Å². The number of nitrogens with zero attached hydrogens (tertiary/aromatic N) is 1. The summed E-state index contributed by atoms with van der Waals surface area (Å²) in [7, 11) is 2.03. The Bertz CT molecular complexity index is 301.